The summed E-state index contributed by atoms with van der Waals surface area (Å²) in [5.41, 5.74) is 4.24. The highest BCUT2D eigenvalue weighted by Gasteiger charge is 2.47. The van der Waals surface area contributed by atoms with Gasteiger partial charge in [0.25, 0.3) is 0 Å². The molecule has 0 heterocycles. The van der Waals surface area contributed by atoms with Gasteiger partial charge in [0.1, 0.15) is 23.2 Å². The molecule has 0 saturated heterocycles. The molecule has 3 aromatic rings. The van der Waals surface area contributed by atoms with Crippen molar-refractivity contribution in [3.8, 4) is 0 Å². The first kappa shape index (κ1) is 41.2. The number of allylic oxidation sites excluding steroid dienone is 2. The fourth-order valence-corrected chi connectivity index (χ4v) is 12.4. The van der Waals surface area contributed by atoms with Gasteiger partial charge >= 0.3 is 0 Å². The van der Waals surface area contributed by atoms with E-state index in [0.717, 1.165) is 45.3 Å². The Labute approximate surface area is 302 Å². The number of rotatable bonds is 27. The van der Waals surface area contributed by atoms with Gasteiger partial charge in [-0.3, -0.25) is 0 Å². The molecule has 0 aliphatic heterocycles. The maximum atomic E-state index is 6.23. The highest BCUT2D eigenvalue weighted by atomic mass is 31.2. The summed E-state index contributed by atoms with van der Waals surface area (Å²) in [4.78, 5) is 0. The van der Waals surface area contributed by atoms with Gasteiger partial charge in [-0.25, -0.2) is 0 Å². The minimum Gasteiger partial charge on any atom is -0.353 e. The summed E-state index contributed by atoms with van der Waals surface area (Å²) in [7, 11) is -1.84. The minimum absolute atomic E-state index is 0.0220. The second kappa shape index (κ2) is 24.8. The molecule has 0 fully saturated rings. The lowest BCUT2D eigenvalue weighted by Crippen LogP contribution is -2.37. The van der Waals surface area contributed by atoms with E-state index in [4.69, 9.17) is 9.47 Å². The van der Waals surface area contributed by atoms with Crippen LogP contribution in [0, 0.1) is 20.8 Å². The normalized spacial score (nSPS) is 12.0. The molecule has 0 spiro atoms. The Bertz CT molecular complexity index is 1190. The van der Waals surface area contributed by atoms with Crippen molar-refractivity contribution in [3.05, 3.63) is 102 Å². The highest BCUT2D eigenvalue weighted by Crippen LogP contribution is 2.58. The van der Waals surface area contributed by atoms with Gasteiger partial charge in [0, 0.05) is 13.2 Å². The van der Waals surface area contributed by atoms with Gasteiger partial charge in [0.05, 0.1) is 6.16 Å². The van der Waals surface area contributed by atoms with Crippen LogP contribution in [0.5, 0.6) is 0 Å². The molecule has 49 heavy (non-hydrogen) atoms. The van der Waals surface area contributed by atoms with Crippen molar-refractivity contribution in [2.75, 3.05) is 19.4 Å². The van der Waals surface area contributed by atoms with Crippen LogP contribution in [0.4, 0.5) is 0 Å². The van der Waals surface area contributed by atoms with Gasteiger partial charge in [0.2, 0.25) is 0 Å². The van der Waals surface area contributed by atoms with Crippen LogP contribution in [0.25, 0.3) is 0 Å². The monoisotopic (exact) mass is 686 g/mol. The van der Waals surface area contributed by atoms with Crippen LogP contribution in [-0.2, 0) is 9.47 Å². The molecule has 0 radical (unpaired) electrons. The van der Waals surface area contributed by atoms with Crippen molar-refractivity contribution >= 4 is 23.2 Å². The third kappa shape index (κ3) is 14.1. The molecule has 0 aliphatic carbocycles. The summed E-state index contributed by atoms with van der Waals surface area (Å²) in [6.45, 7) is 13.2. The Hall–Kier alpha value is -2.25. The number of aryl methyl sites for hydroxylation is 3. The maximum absolute atomic E-state index is 6.23. The van der Waals surface area contributed by atoms with E-state index < -0.39 is 7.26 Å². The molecule has 0 aromatic heterocycles. The van der Waals surface area contributed by atoms with Gasteiger partial charge in [-0.2, -0.15) is 0 Å². The second-order valence-corrected chi connectivity index (χ2v) is 17.7. The van der Waals surface area contributed by atoms with E-state index in [1.54, 1.807) is 15.9 Å². The summed E-state index contributed by atoms with van der Waals surface area (Å²) in [6, 6.07) is 27.5. The maximum Gasteiger partial charge on any atom is 0.157 e. The third-order valence-corrected chi connectivity index (χ3v) is 15.0. The molecule has 0 bridgehead atoms. The second-order valence-electron chi connectivity index (χ2n) is 14.1. The van der Waals surface area contributed by atoms with Crippen LogP contribution in [0.2, 0.25) is 0 Å². The molecule has 0 saturated carbocycles. The lowest BCUT2D eigenvalue weighted by Gasteiger charge is -2.31. The average Bonchev–Trinajstić information content (AvgIpc) is 3.11. The van der Waals surface area contributed by atoms with E-state index in [1.165, 1.54) is 99.9 Å². The topological polar surface area (TPSA) is 18.5 Å². The molecule has 0 atom stereocenters. The first-order valence-electron chi connectivity index (χ1n) is 20.0. The average molecular weight is 686 g/mol. The molecule has 270 valence electrons. The van der Waals surface area contributed by atoms with Gasteiger partial charge in [-0.15, -0.1) is 0 Å². The molecule has 3 aromatic carbocycles. The van der Waals surface area contributed by atoms with Crippen molar-refractivity contribution in [1.82, 2.24) is 0 Å². The Morgan fingerprint density at radius 2 is 0.898 bits per heavy atom. The largest absolute Gasteiger partial charge is 0.353 e. The molecule has 0 N–H and O–H groups in total. The van der Waals surface area contributed by atoms with Gasteiger partial charge in [-0.1, -0.05) is 138 Å². The molecule has 0 amide bonds. The van der Waals surface area contributed by atoms with E-state index in [0.29, 0.717) is 0 Å². The Balaban J connectivity index is 1.52. The van der Waals surface area contributed by atoms with Crippen molar-refractivity contribution < 1.29 is 9.47 Å². The van der Waals surface area contributed by atoms with Gasteiger partial charge in [-0.05, 0) is 107 Å². The van der Waals surface area contributed by atoms with Crippen molar-refractivity contribution in [1.29, 1.82) is 0 Å². The van der Waals surface area contributed by atoms with Gasteiger partial charge in [0.15, 0.2) is 6.29 Å². The molecule has 2 nitrogen and oxygen atoms in total. The van der Waals surface area contributed by atoms with Crippen molar-refractivity contribution in [3.63, 3.8) is 0 Å². The smallest absolute Gasteiger partial charge is 0.157 e. The lowest BCUT2D eigenvalue weighted by molar-refractivity contribution is -0.148. The fraction of sp³-hybridized carbons (Fsp3) is 0.565. The fourth-order valence-electron chi connectivity index (χ4n) is 7.21. The zero-order valence-electron chi connectivity index (χ0n) is 32.1. The zero-order chi connectivity index (χ0) is 35.0. The van der Waals surface area contributed by atoms with E-state index in [1.807, 2.05) is 0 Å². The first-order chi connectivity index (χ1) is 24.0. The molecular formula is C46H70O2P+. The first-order valence-corrected chi connectivity index (χ1v) is 22.0. The molecule has 0 aliphatic rings. The van der Waals surface area contributed by atoms with Crippen LogP contribution in [0.3, 0.4) is 0 Å². The summed E-state index contributed by atoms with van der Waals surface area (Å²) < 4.78 is 12.5. The SMILES string of the molecule is CCCCCCCOC(CCCCC/C=C\CCC[P+](c1ccccc1C)(c1ccccc1C)c1ccccc1C)OCCCCCCC. The number of hydrogen-bond donors (Lipinski definition) is 0. The predicted octanol–water partition coefficient (Wildman–Crippen LogP) is 12.5. The summed E-state index contributed by atoms with van der Waals surface area (Å²) in [5, 5.41) is 4.63. The third-order valence-electron chi connectivity index (χ3n) is 10.0. The summed E-state index contributed by atoms with van der Waals surface area (Å²) in [6.07, 6.45) is 27.0. The van der Waals surface area contributed by atoms with Gasteiger partial charge < -0.3 is 9.47 Å². The van der Waals surface area contributed by atoms with E-state index >= 15 is 0 Å². The lowest BCUT2D eigenvalue weighted by atomic mass is 10.1. The minimum atomic E-state index is -1.84. The highest BCUT2D eigenvalue weighted by molar-refractivity contribution is 7.96. The van der Waals surface area contributed by atoms with Crippen LogP contribution in [0.1, 0.15) is 140 Å². The Kier molecular flexibility index (Phi) is 20.9. The summed E-state index contributed by atoms with van der Waals surface area (Å²) in [5.74, 6) is 0. The predicted molar refractivity (Wildman–Crippen MR) is 219 cm³/mol. The van der Waals surface area contributed by atoms with Crippen molar-refractivity contribution in [2.45, 2.75) is 150 Å². The molecule has 3 heteroatoms. The van der Waals surface area contributed by atoms with Crippen LogP contribution in [-0.4, -0.2) is 25.7 Å². The number of hydrogen-bond acceptors (Lipinski definition) is 2. The van der Waals surface area contributed by atoms with Crippen LogP contribution < -0.4 is 15.9 Å². The Morgan fingerprint density at radius 3 is 1.35 bits per heavy atom. The molecule has 0 unspecified atom stereocenters. The van der Waals surface area contributed by atoms with E-state index in [2.05, 4.69) is 120 Å². The van der Waals surface area contributed by atoms with E-state index in [-0.39, 0.29) is 6.29 Å². The molecule has 3 rings (SSSR count). The number of benzene rings is 3. The van der Waals surface area contributed by atoms with Crippen LogP contribution >= 0.6 is 7.26 Å². The Morgan fingerprint density at radius 1 is 0.490 bits per heavy atom. The molecular weight excluding hydrogens is 615 g/mol. The quantitative estimate of drug-likeness (QED) is 0.0344. The van der Waals surface area contributed by atoms with Crippen molar-refractivity contribution in [2.24, 2.45) is 0 Å². The zero-order valence-corrected chi connectivity index (χ0v) is 33.0. The van der Waals surface area contributed by atoms with E-state index in [9.17, 15) is 0 Å². The van der Waals surface area contributed by atoms with Crippen LogP contribution in [0.15, 0.2) is 84.9 Å². The standard InChI is InChI=1S/C46H70O2P/c1-6-8-10-17-27-37-47-46(48-38-28-18-11-9-7-2)36-20-16-14-12-13-15-19-29-39-49(43-33-24-21-30-40(43)3,44-34-25-22-31-41(44)4)45-35-26-23-32-42(45)5/h13,15,21-26,30-35,46H,6-12,14,16-20,27-29,36-39H2,1-5H3/q+1/b15-13-. The number of ether oxygens (including phenoxy) is 2. The number of unbranched alkanes of at least 4 members (excludes halogenated alkanes) is 12. The summed E-state index contributed by atoms with van der Waals surface area (Å²) >= 11 is 0.